The maximum atomic E-state index is 13.3. The lowest BCUT2D eigenvalue weighted by Gasteiger charge is -2.22. The van der Waals surface area contributed by atoms with Gasteiger partial charge in [0.2, 0.25) is 0 Å². The van der Waals surface area contributed by atoms with Gasteiger partial charge in [-0.05, 0) is 18.6 Å². The van der Waals surface area contributed by atoms with Crippen molar-refractivity contribution in [3.63, 3.8) is 0 Å². The molecular formula is C21H27NO6. The van der Waals surface area contributed by atoms with Crippen LogP contribution >= 0.6 is 0 Å². The van der Waals surface area contributed by atoms with Crippen LogP contribution in [-0.4, -0.2) is 23.6 Å². The average molecular weight is 389 g/mol. The Kier molecular flexibility index (Phi) is 7.61. The van der Waals surface area contributed by atoms with Crippen LogP contribution < -0.4 is 10.3 Å². The van der Waals surface area contributed by atoms with E-state index in [1.165, 1.54) is 21.0 Å². The second kappa shape index (κ2) is 9.92. The summed E-state index contributed by atoms with van der Waals surface area (Å²) in [5, 5.41) is 0.680. The summed E-state index contributed by atoms with van der Waals surface area (Å²) in [6.07, 6.45) is 2.53. The lowest BCUT2D eigenvalue weighted by Crippen LogP contribution is -2.30. The molecule has 0 amide bonds. The number of methoxy groups -OCH3 is 1. The van der Waals surface area contributed by atoms with Gasteiger partial charge in [0.25, 0.3) is 11.8 Å². The molecule has 0 spiro atoms. The van der Waals surface area contributed by atoms with Crippen LogP contribution in [0.4, 0.5) is 0 Å². The summed E-state index contributed by atoms with van der Waals surface area (Å²) >= 11 is 0. The van der Waals surface area contributed by atoms with Crippen LogP contribution in [0.2, 0.25) is 0 Å². The van der Waals surface area contributed by atoms with Crippen molar-refractivity contribution in [2.75, 3.05) is 7.11 Å². The molecule has 28 heavy (non-hydrogen) atoms. The van der Waals surface area contributed by atoms with E-state index in [0.717, 1.165) is 25.7 Å². The normalized spacial score (nSPS) is 10.9. The van der Waals surface area contributed by atoms with E-state index in [-0.39, 0.29) is 11.3 Å². The maximum absolute atomic E-state index is 13.3. The Labute approximate surface area is 164 Å². The van der Waals surface area contributed by atoms with E-state index in [0.29, 0.717) is 17.4 Å². The van der Waals surface area contributed by atoms with Crippen molar-refractivity contribution in [2.24, 2.45) is 0 Å². The Morgan fingerprint density at radius 2 is 1.68 bits per heavy atom. The predicted octanol–water partition coefficient (Wildman–Crippen LogP) is 3.72. The van der Waals surface area contributed by atoms with Gasteiger partial charge in [0.15, 0.2) is 0 Å². The van der Waals surface area contributed by atoms with Crippen molar-refractivity contribution < 1.29 is 23.8 Å². The predicted molar refractivity (Wildman–Crippen MR) is 105 cm³/mol. The standard InChI is InChI=1S/C21H27NO6/c1-5-6-7-10-13-22-17-12-9-8-11-16(17)19(26-4)18(20(22)25)21(27-14(2)23)28-15(3)24/h8-9,11-12,21H,5-7,10,13H2,1-4H3. The third-order valence-electron chi connectivity index (χ3n) is 4.38. The third kappa shape index (κ3) is 4.91. The van der Waals surface area contributed by atoms with Crippen LogP contribution in [0.5, 0.6) is 5.75 Å². The van der Waals surface area contributed by atoms with Crippen molar-refractivity contribution in [1.82, 2.24) is 4.57 Å². The molecule has 0 aliphatic heterocycles. The van der Waals surface area contributed by atoms with Crippen LogP contribution in [0.3, 0.4) is 0 Å². The molecule has 2 rings (SSSR count). The molecule has 0 fully saturated rings. The number of benzene rings is 1. The molecule has 1 aromatic heterocycles. The number of nitrogens with zero attached hydrogens (tertiary/aromatic N) is 1. The van der Waals surface area contributed by atoms with Crippen LogP contribution in [0.1, 0.15) is 58.3 Å². The summed E-state index contributed by atoms with van der Waals surface area (Å²) in [6, 6.07) is 7.33. The summed E-state index contributed by atoms with van der Waals surface area (Å²) < 4.78 is 17.4. The topological polar surface area (TPSA) is 83.8 Å². The minimum Gasteiger partial charge on any atom is -0.495 e. The summed E-state index contributed by atoms with van der Waals surface area (Å²) in [7, 11) is 1.43. The van der Waals surface area contributed by atoms with E-state index in [2.05, 4.69) is 6.92 Å². The number of ether oxygens (including phenoxy) is 3. The van der Waals surface area contributed by atoms with E-state index in [4.69, 9.17) is 14.2 Å². The summed E-state index contributed by atoms with van der Waals surface area (Å²) in [5.41, 5.74) is 0.315. The van der Waals surface area contributed by atoms with Crippen molar-refractivity contribution in [3.05, 3.63) is 40.2 Å². The summed E-state index contributed by atoms with van der Waals surface area (Å²) in [6.45, 7) is 5.00. The zero-order valence-corrected chi connectivity index (χ0v) is 16.8. The fourth-order valence-electron chi connectivity index (χ4n) is 3.19. The molecule has 2 aromatic rings. The van der Waals surface area contributed by atoms with Crippen molar-refractivity contribution in [3.8, 4) is 5.75 Å². The molecule has 0 unspecified atom stereocenters. The number of unbranched alkanes of at least 4 members (excludes halogenated alkanes) is 3. The van der Waals surface area contributed by atoms with Gasteiger partial charge in [-0.25, -0.2) is 0 Å². The largest absolute Gasteiger partial charge is 0.495 e. The number of hydrogen-bond acceptors (Lipinski definition) is 6. The van der Waals surface area contributed by atoms with Gasteiger partial charge in [-0.1, -0.05) is 38.3 Å². The molecule has 0 saturated heterocycles. The summed E-state index contributed by atoms with van der Waals surface area (Å²) in [4.78, 5) is 36.4. The van der Waals surface area contributed by atoms with E-state index >= 15 is 0 Å². The number of carbonyl (C=O) groups is 2. The van der Waals surface area contributed by atoms with Gasteiger partial charge >= 0.3 is 11.9 Å². The molecule has 0 radical (unpaired) electrons. The van der Waals surface area contributed by atoms with Gasteiger partial charge in [-0.3, -0.25) is 14.4 Å². The van der Waals surface area contributed by atoms with Crippen molar-refractivity contribution in [1.29, 1.82) is 0 Å². The number of aryl methyl sites for hydroxylation is 1. The van der Waals surface area contributed by atoms with Gasteiger partial charge in [-0.15, -0.1) is 0 Å². The first-order chi connectivity index (χ1) is 13.4. The number of esters is 2. The van der Waals surface area contributed by atoms with Crippen LogP contribution in [0, 0.1) is 0 Å². The second-order valence-electron chi connectivity index (χ2n) is 6.53. The number of pyridine rings is 1. The van der Waals surface area contributed by atoms with Gasteiger partial charge in [-0.2, -0.15) is 0 Å². The first-order valence-corrected chi connectivity index (χ1v) is 9.44. The molecule has 0 N–H and O–H groups in total. The smallest absolute Gasteiger partial charge is 0.305 e. The lowest BCUT2D eigenvalue weighted by molar-refractivity contribution is -0.187. The highest BCUT2D eigenvalue weighted by atomic mass is 16.7. The highest BCUT2D eigenvalue weighted by molar-refractivity contribution is 5.87. The average Bonchev–Trinajstić information content (AvgIpc) is 2.64. The first-order valence-electron chi connectivity index (χ1n) is 9.44. The number of carbonyl (C=O) groups excluding carboxylic acids is 2. The van der Waals surface area contributed by atoms with Gasteiger partial charge in [0.05, 0.1) is 12.6 Å². The quantitative estimate of drug-likeness (QED) is 0.369. The lowest BCUT2D eigenvalue weighted by atomic mass is 10.1. The molecular weight excluding hydrogens is 362 g/mol. The zero-order valence-electron chi connectivity index (χ0n) is 16.8. The van der Waals surface area contributed by atoms with Crippen molar-refractivity contribution in [2.45, 2.75) is 59.3 Å². The molecule has 1 heterocycles. The number of aromatic nitrogens is 1. The molecule has 0 bridgehead atoms. The summed E-state index contributed by atoms with van der Waals surface area (Å²) in [5.74, 6) is -1.11. The molecule has 7 heteroatoms. The Hall–Kier alpha value is -2.83. The van der Waals surface area contributed by atoms with E-state index < -0.39 is 23.8 Å². The van der Waals surface area contributed by atoms with E-state index in [1.807, 2.05) is 24.3 Å². The van der Waals surface area contributed by atoms with E-state index in [1.54, 1.807) is 4.57 Å². The number of para-hydroxylation sites is 1. The van der Waals surface area contributed by atoms with Gasteiger partial charge < -0.3 is 18.8 Å². The number of hydrogen-bond donors (Lipinski definition) is 0. The SMILES string of the molecule is CCCCCCn1c(=O)c(C(OC(C)=O)OC(C)=O)c(OC)c2ccccc21. The zero-order chi connectivity index (χ0) is 20.7. The first kappa shape index (κ1) is 21.5. The molecule has 0 aliphatic carbocycles. The fourth-order valence-corrected chi connectivity index (χ4v) is 3.19. The Morgan fingerprint density at radius 3 is 2.25 bits per heavy atom. The number of fused-ring (bicyclic) bond motifs is 1. The van der Waals surface area contributed by atoms with Gasteiger partial charge in [0, 0.05) is 25.8 Å². The molecule has 7 nitrogen and oxygen atoms in total. The fraction of sp³-hybridized carbons (Fsp3) is 0.476. The Bertz CT molecular complexity index is 886. The molecule has 0 saturated carbocycles. The van der Waals surface area contributed by atoms with Crippen LogP contribution in [0.15, 0.2) is 29.1 Å². The van der Waals surface area contributed by atoms with Crippen LogP contribution in [0.25, 0.3) is 10.9 Å². The molecule has 1 aromatic carbocycles. The second-order valence-corrected chi connectivity index (χ2v) is 6.53. The monoisotopic (exact) mass is 389 g/mol. The minimum absolute atomic E-state index is 0.00194. The minimum atomic E-state index is -1.47. The molecule has 0 atom stereocenters. The molecule has 152 valence electrons. The Morgan fingerprint density at radius 1 is 1.04 bits per heavy atom. The maximum Gasteiger partial charge on any atom is 0.305 e. The van der Waals surface area contributed by atoms with Crippen molar-refractivity contribution >= 4 is 22.8 Å². The van der Waals surface area contributed by atoms with Crippen LogP contribution in [-0.2, 0) is 25.6 Å². The highest BCUT2D eigenvalue weighted by Crippen LogP contribution is 2.33. The Balaban J connectivity index is 2.68. The third-order valence-corrected chi connectivity index (χ3v) is 4.38. The number of rotatable bonds is 9. The van der Waals surface area contributed by atoms with Gasteiger partial charge in [0.1, 0.15) is 11.3 Å². The molecule has 0 aliphatic rings. The van der Waals surface area contributed by atoms with E-state index in [9.17, 15) is 14.4 Å². The highest BCUT2D eigenvalue weighted by Gasteiger charge is 2.29.